The third-order valence-corrected chi connectivity index (χ3v) is 4.92. The number of anilines is 1. The SMILES string of the molecule is O=C(NC(=S)Nc1cccc2c(O)cccc12)c1cccc(OCc2ccccc2)c1. The van der Waals surface area contributed by atoms with E-state index in [9.17, 15) is 9.90 Å². The summed E-state index contributed by atoms with van der Waals surface area (Å²) < 4.78 is 5.79. The molecule has 0 saturated carbocycles. The lowest BCUT2D eigenvalue weighted by molar-refractivity contribution is 0.0977. The van der Waals surface area contributed by atoms with Gasteiger partial charge in [0.1, 0.15) is 18.1 Å². The summed E-state index contributed by atoms with van der Waals surface area (Å²) in [5, 5.41) is 17.4. The highest BCUT2D eigenvalue weighted by Gasteiger charge is 2.11. The van der Waals surface area contributed by atoms with Crippen LogP contribution in [0.1, 0.15) is 15.9 Å². The van der Waals surface area contributed by atoms with E-state index in [0.717, 1.165) is 10.9 Å². The van der Waals surface area contributed by atoms with Crippen molar-refractivity contribution in [3.63, 3.8) is 0 Å². The normalized spacial score (nSPS) is 10.5. The van der Waals surface area contributed by atoms with Crippen LogP contribution in [0, 0.1) is 0 Å². The Kier molecular flexibility index (Phi) is 6.10. The van der Waals surface area contributed by atoms with Crippen molar-refractivity contribution >= 4 is 39.7 Å². The number of phenolic OH excluding ortho intramolecular Hbond substituents is 1. The number of aromatic hydroxyl groups is 1. The van der Waals surface area contributed by atoms with Crippen LogP contribution < -0.4 is 15.4 Å². The number of ether oxygens (including phenoxy) is 1. The van der Waals surface area contributed by atoms with Crippen LogP contribution >= 0.6 is 12.2 Å². The number of nitrogens with one attached hydrogen (secondary N) is 2. The van der Waals surface area contributed by atoms with E-state index in [4.69, 9.17) is 17.0 Å². The predicted octanol–water partition coefficient (Wildman–Crippen LogP) is 5.25. The molecule has 0 unspecified atom stereocenters. The summed E-state index contributed by atoms with van der Waals surface area (Å²) in [4.78, 5) is 12.7. The minimum Gasteiger partial charge on any atom is -0.507 e. The van der Waals surface area contributed by atoms with Crippen molar-refractivity contribution < 1.29 is 14.6 Å². The Morgan fingerprint density at radius 1 is 0.871 bits per heavy atom. The molecular weight excluding hydrogens is 408 g/mol. The van der Waals surface area contributed by atoms with E-state index in [1.807, 2.05) is 54.6 Å². The fourth-order valence-corrected chi connectivity index (χ4v) is 3.40. The van der Waals surface area contributed by atoms with Crippen LogP contribution in [0.15, 0.2) is 91.0 Å². The van der Waals surface area contributed by atoms with Crippen LogP contribution in [-0.2, 0) is 6.61 Å². The number of benzene rings is 4. The van der Waals surface area contributed by atoms with Gasteiger partial charge in [-0.2, -0.15) is 0 Å². The lowest BCUT2D eigenvalue weighted by Crippen LogP contribution is -2.34. The molecule has 31 heavy (non-hydrogen) atoms. The molecule has 0 heterocycles. The summed E-state index contributed by atoms with van der Waals surface area (Å²) in [6, 6.07) is 27.5. The maximum Gasteiger partial charge on any atom is 0.257 e. The van der Waals surface area contributed by atoms with E-state index >= 15 is 0 Å². The van der Waals surface area contributed by atoms with E-state index < -0.39 is 0 Å². The Balaban J connectivity index is 1.41. The monoisotopic (exact) mass is 428 g/mol. The maximum atomic E-state index is 12.7. The lowest BCUT2D eigenvalue weighted by atomic mass is 10.1. The molecule has 0 fully saturated rings. The smallest absolute Gasteiger partial charge is 0.257 e. The van der Waals surface area contributed by atoms with Crippen molar-refractivity contribution in [3.05, 3.63) is 102 Å². The number of carbonyl (C=O) groups excluding carboxylic acids is 1. The van der Waals surface area contributed by atoms with E-state index in [-0.39, 0.29) is 16.8 Å². The highest BCUT2D eigenvalue weighted by Crippen LogP contribution is 2.29. The zero-order valence-electron chi connectivity index (χ0n) is 16.5. The van der Waals surface area contributed by atoms with Gasteiger partial charge in [-0.3, -0.25) is 10.1 Å². The number of hydrogen-bond donors (Lipinski definition) is 3. The van der Waals surface area contributed by atoms with Gasteiger partial charge in [0.15, 0.2) is 5.11 Å². The Morgan fingerprint density at radius 2 is 1.61 bits per heavy atom. The van der Waals surface area contributed by atoms with Crippen molar-refractivity contribution in [1.29, 1.82) is 0 Å². The zero-order valence-corrected chi connectivity index (χ0v) is 17.4. The molecule has 5 nitrogen and oxygen atoms in total. The molecule has 0 aromatic heterocycles. The molecule has 0 saturated heterocycles. The average molecular weight is 429 g/mol. The molecule has 154 valence electrons. The van der Waals surface area contributed by atoms with Crippen LogP contribution in [0.5, 0.6) is 11.5 Å². The first-order valence-electron chi connectivity index (χ1n) is 9.70. The number of rotatable bonds is 5. The van der Waals surface area contributed by atoms with Gasteiger partial charge >= 0.3 is 0 Å². The fourth-order valence-electron chi connectivity index (χ4n) is 3.20. The first kappa shape index (κ1) is 20.4. The van der Waals surface area contributed by atoms with Gasteiger partial charge in [-0.05, 0) is 48.1 Å². The molecular formula is C25H20N2O3S. The van der Waals surface area contributed by atoms with Crippen molar-refractivity contribution in [2.24, 2.45) is 0 Å². The van der Waals surface area contributed by atoms with Crippen molar-refractivity contribution in [3.8, 4) is 11.5 Å². The fraction of sp³-hybridized carbons (Fsp3) is 0.0400. The van der Waals surface area contributed by atoms with Gasteiger partial charge in [-0.1, -0.05) is 60.7 Å². The Bertz CT molecular complexity index is 1240. The molecule has 6 heteroatoms. The zero-order chi connectivity index (χ0) is 21.6. The Morgan fingerprint density at radius 3 is 2.45 bits per heavy atom. The summed E-state index contributed by atoms with van der Waals surface area (Å²) in [5.41, 5.74) is 2.17. The molecule has 0 aliphatic heterocycles. The third-order valence-electron chi connectivity index (χ3n) is 4.72. The highest BCUT2D eigenvalue weighted by molar-refractivity contribution is 7.80. The number of amides is 1. The molecule has 3 N–H and O–H groups in total. The molecule has 0 spiro atoms. The second-order valence-corrected chi connectivity index (χ2v) is 7.30. The summed E-state index contributed by atoms with van der Waals surface area (Å²) in [5.74, 6) is 0.439. The van der Waals surface area contributed by atoms with Crippen LogP contribution in [-0.4, -0.2) is 16.1 Å². The quantitative estimate of drug-likeness (QED) is 0.379. The van der Waals surface area contributed by atoms with Gasteiger partial charge in [0.25, 0.3) is 5.91 Å². The van der Waals surface area contributed by atoms with Gasteiger partial charge < -0.3 is 15.2 Å². The maximum absolute atomic E-state index is 12.7. The minimum atomic E-state index is -0.342. The third kappa shape index (κ3) is 4.99. The van der Waals surface area contributed by atoms with Crippen LogP contribution in [0.2, 0.25) is 0 Å². The van der Waals surface area contributed by atoms with Crippen LogP contribution in [0.3, 0.4) is 0 Å². The van der Waals surface area contributed by atoms with Gasteiger partial charge in [0.2, 0.25) is 0 Å². The topological polar surface area (TPSA) is 70.6 Å². The van der Waals surface area contributed by atoms with Crippen LogP contribution in [0.4, 0.5) is 5.69 Å². The number of thiocarbonyl (C=S) groups is 1. The second-order valence-electron chi connectivity index (χ2n) is 6.89. The molecule has 4 rings (SSSR count). The molecule has 0 aliphatic carbocycles. The Hall–Kier alpha value is -3.90. The predicted molar refractivity (Wildman–Crippen MR) is 127 cm³/mol. The molecule has 0 aliphatic rings. The summed E-state index contributed by atoms with van der Waals surface area (Å²) in [6.07, 6.45) is 0. The van der Waals surface area contributed by atoms with Gasteiger partial charge in [-0.15, -0.1) is 0 Å². The van der Waals surface area contributed by atoms with Gasteiger partial charge in [0.05, 0.1) is 0 Å². The largest absolute Gasteiger partial charge is 0.507 e. The van der Waals surface area contributed by atoms with E-state index in [2.05, 4.69) is 10.6 Å². The first-order valence-corrected chi connectivity index (χ1v) is 10.1. The molecule has 0 radical (unpaired) electrons. The van der Waals surface area contributed by atoms with E-state index in [1.54, 1.807) is 36.4 Å². The Labute approximate surface area is 185 Å². The summed E-state index contributed by atoms with van der Waals surface area (Å²) >= 11 is 5.32. The molecule has 4 aromatic carbocycles. The van der Waals surface area contributed by atoms with Crippen molar-refractivity contribution in [1.82, 2.24) is 5.32 Å². The first-order chi connectivity index (χ1) is 15.1. The highest BCUT2D eigenvalue weighted by atomic mass is 32.1. The van der Waals surface area contributed by atoms with Crippen LogP contribution in [0.25, 0.3) is 10.8 Å². The second kappa shape index (κ2) is 9.28. The van der Waals surface area contributed by atoms with Gasteiger partial charge in [-0.25, -0.2) is 0 Å². The van der Waals surface area contributed by atoms with Crippen molar-refractivity contribution in [2.75, 3.05) is 5.32 Å². The molecule has 0 atom stereocenters. The number of phenols is 1. The standard InChI is InChI=1S/C25H20N2O3S/c28-23-14-6-11-20-21(23)12-5-13-22(20)26-25(31)27-24(29)18-9-4-10-19(15-18)30-16-17-7-2-1-3-8-17/h1-15,28H,16H2,(H2,26,27,29,31). The lowest BCUT2D eigenvalue weighted by Gasteiger charge is -2.13. The molecule has 4 aromatic rings. The molecule has 1 amide bonds. The minimum absolute atomic E-state index is 0.163. The summed E-state index contributed by atoms with van der Waals surface area (Å²) in [6.45, 7) is 0.416. The molecule has 0 bridgehead atoms. The average Bonchev–Trinajstić information content (AvgIpc) is 2.79. The summed E-state index contributed by atoms with van der Waals surface area (Å²) in [7, 11) is 0. The van der Waals surface area contributed by atoms with Crippen molar-refractivity contribution in [2.45, 2.75) is 6.61 Å². The van der Waals surface area contributed by atoms with Gasteiger partial charge in [0, 0.05) is 22.0 Å². The number of hydrogen-bond acceptors (Lipinski definition) is 4. The van der Waals surface area contributed by atoms with E-state index in [1.165, 1.54) is 0 Å². The number of fused-ring (bicyclic) bond motifs is 1. The van der Waals surface area contributed by atoms with E-state index in [0.29, 0.717) is 29.0 Å². The number of carbonyl (C=O) groups is 1.